The predicted molar refractivity (Wildman–Crippen MR) is 122 cm³/mol. The molecule has 0 unspecified atom stereocenters. The van der Waals surface area contributed by atoms with Crippen molar-refractivity contribution in [3.05, 3.63) is 87.8 Å². The van der Waals surface area contributed by atoms with E-state index in [1.54, 1.807) is 28.7 Å². The van der Waals surface area contributed by atoms with Gasteiger partial charge in [-0.3, -0.25) is 4.79 Å². The summed E-state index contributed by atoms with van der Waals surface area (Å²) in [4.78, 5) is 19.7. The average molecular weight is 467 g/mol. The maximum absolute atomic E-state index is 13.4. The second-order valence-electron chi connectivity index (χ2n) is 7.44. The highest BCUT2D eigenvalue weighted by Gasteiger charge is 2.24. The number of amides is 1. The molecule has 2 aromatic carbocycles. The van der Waals surface area contributed by atoms with Crippen LogP contribution in [0.2, 0.25) is 5.02 Å². The van der Waals surface area contributed by atoms with Gasteiger partial charge in [0.15, 0.2) is 11.5 Å². The number of fused-ring (bicyclic) bond motifs is 1. The number of hydrogen-bond donors (Lipinski definition) is 0. The molecule has 0 saturated carbocycles. The van der Waals surface area contributed by atoms with Gasteiger partial charge in [0, 0.05) is 28.6 Å². The molecule has 0 aliphatic carbocycles. The molecule has 0 atom stereocenters. The summed E-state index contributed by atoms with van der Waals surface area (Å²) in [6.45, 7) is 2.75. The molecule has 0 bridgehead atoms. The minimum Gasteiger partial charge on any atom is -0.467 e. The van der Waals surface area contributed by atoms with Crippen LogP contribution in [0.25, 0.3) is 10.6 Å². The number of aromatic nitrogens is 1. The van der Waals surface area contributed by atoms with Crippen LogP contribution in [0.3, 0.4) is 0 Å². The zero-order valence-corrected chi connectivity index (χ0v) is 18.8. The van der Waals surface area contributed by atoms with Crippen LogP contribution in [0.5, 0.6) is 11.5 Å². The van der Waals surface area contributed by atoms with Gasteiger partial charge < -0.3 is 18.8 Å². The maximum atomic E-state index is 13.4. The number of ether oxygens (including phenoxy) is 2. The van der Waals surface area contributed by atoms with Gasteiger partial charge in [-0.2, -0.15) is 0 Å². The average Bonchev–Trinajstić information content (AvgIpc) is 3.55. The fourth-order valence-corrected chi connectivity index (χ4v) is 4.45. The highest BCUT2D eigenvalue weighted by atomic mass is 35.5. The summed E-state index contributed by atoms with van der Waals surface area (Å²) in [7, 11) is 0. The van der Waals surface area contributed by atoms with Gasteiger partial charge in [-0.05, 0) is 30.7 Å². The third-order valence-corrected chi connectivity index (χ3v) is 6.38. The SMILES string of the molecule is Cc1ccc(-c2nc(C(=O)N(Cc3ccco3)Cc3cc4c(cc3Cl)OCO4)cs2)cc1. The highest BCUT2D eigenvalue weighted by molar-refractivity contribution is 7.13. The Hall–Kier alpha value is -3.29. The standard InChI is InChI=1S/C24H19ClN2O4S/c1-15-4-6-16(7-5-15)23-26-20(13-32-23)24(28)27(12-18-3-2-8-29-18)11-17-9-21-22(10-19(17)25)31-14-30-21/h2-10,13H,11-12,14H2,1H3. The lowest BCUT2D eigenvalue weighted by Crippen LogP contribution is -2.30. The predicted octanol–water partition coefficient (Wildman–Crippen LogP) is 5.94. The molecule has 1 amide bonds. The minimum atomic E-state index is -0.204. The number of halogens is 1. The lowest BCUT2D eigenvalue weighted by Gasteiger charge is -2.21. The summed E-state index contributed by atoms with van der Waals surface area (Å²) >= 11 is 7.91. The molecule has 3 heterocycles. The summed E-state index contributed by atoms with van der Waals surface area (Å²) in [6.07, 6.45) is 1.59. The van der Waals surface area contributed by atoms with Gasteiger partial charge in [-0.15, -0.1) is 11.3 Å². The van der Waals surface area contributed by atoms with Crippen LogP contribution in [0.4, 0.5) is 0 Å². The molecule has 0 saturated heterocycles. The van der Waals surface area contributed by atoms with E-state index in [-0.39, 0.29) is 25.8 Å². The van der Waals surface area contributed by atoms with E-state index in [1.165, 1.54) is 16.9 Å². The molecule has 6 nitrogen and oxygen atoms in total. The van der Waals surface area contributed by atoms with Crippen molar-refractivity contribution in [3.63, 3.8) is 0 Å². The monoisotopic (exact) mass is 466 g/mol. The number of carbonyl (C=O) groups is 1. The Labute approximate surface area is 194 Å². The van der Waals surface area contributed by atoms with Crippen molar-refractivity contribution in [2.75, 3.05) is 6.79 Å². The number of hydrogen-bond acceptors (Lipinski definition) is 6. The number of carbonyl (C=O) groups excluding carboxylic acids is 1. The molecule has 2 aromatic heterocycles. The molecular formula is C24H19ClN2O4S. The van der Waals surface area contributed by atoms with Crippen LogP contribution >= 0.6 is 22.9 Å². The molecule has 8 heteroatoms. The lowest BCUT2D eigenvalue weighted by molar-refractivity contribution is 0.0712. The zero-order valence-electron chi connectivity index (χ0n) is 17.2. The van der Waals surface area contributed by atoms with E-state index in [4.69, 9.17) is 25.5 Å². The van der Waals surface area contributed by atoms with Crippen LogP contribution in [-0.2, 0) is 13.1 Å². The molecule has 1 aliphatic rings. The Morgan fingerprint density at radius 3 is 2.66 bits per heavy atom. The van der Waals surface area contributed by atoms with Crippen LogP contribution in [0.1, 0.15) is 27.4 Å². The quantitative estimate of drug-likeness (QED) is 0.352. The van der Waals surface area contributed by atoms with Crippen molar-refractivity contribution >= 4 is 28.8 Å². The van der Waals surface area contributed by atoms with E-state index >= 15 is 0 Å². The van der Waals surface area contributed by atoms with Gasteiger partial charge in [0.2, 0.25) is 6.79 Å². The fraction of sp³-hybridized carbons (Fsp3) is 0.167. The Balaban J connectivity index is 1.43. The topological polar surface area (TPSA) is 64.8 Å². The molecule has 0 fully saturated rings. The molecule has 1 aliphatic heterocycles. The number of thiazole rings is 1. The van der Waals surface area contributed by atoms with Crippen molar-refractivity contribution in [3.8, 4) is 22.1 Å². The van der Waals surface area contributed by atoms with Crippen molar-refractivity contribution in [1.29, 1.82) is 0 Å². The third-order valence-electron chi connectivity index (χ3n) is 5.14. The fourth-order valence-electron chi connectivity index (χ4n) is 3.44. The van der Waals surface area contributed by atoms with Crippen LogP contribution in [-0.4, -0.2) is 22.6 Å². The van der Waals surface area contributed by atoms with Gasteiger partial charge in [0.05, 0.1) is 12.8 Å². The van der Waals surface area contributed by atoms with Gasteiger partial charge in [-0.25, -0.2) is 4.98 Å². The summed E-state index contributed by atoms with van der Waals surface area (Å²) in [5.74, 6) is 1.68. The van der Waals surface area contributed by atoms with E-state index < -0.39 is 0 Å². The Bertz CT molecular complexity index is 1250. The number of furan rings is 1. The number of aryl methyl sites for hydroxylation is 1. The summed E-state index contributed by atoms with van der Waals surface area (Å²) in [5, 5.41) is 3.09. The largest absolute Gasteiger partial charge is 0.467 e. The zero-order chi connectivity index (χ0) is 22.1. The first kappa shape index (κ1) is 20.6. The van der Waals surface area contributed by atoms with Crippen molar-refractivity contribution in [2.45, 2.75) is 20.0 Å². The molecule has 4 aromatic rings. The maximum Gasteiger partial charge on any atom is 0.274 e. The second-order valence-corrected chi connectivity index (χ2v) is 8.71. The first-order valence-electron chi connectivity index (χ1n) is 9.99. The molecule has 0 N–H and O–H groups in total. The van der Waals surface area contributed by atoms with E-state index in [2.05, 4.69) is 4.98 Å². The smallest absolute Gasteiger partial charge is 0.274 e. The number of nitrogens with zero attached hydrogens (tertiary/aromatic N) is 2. The van der Waals surface area contributed by atoms with Gasteiger partial charge in [-0.1, -0.05) is 41.4 Å². The summed E-state index contributed by atoms with van der Waals surface area (Å²) < 4.78 is 16.3. The van der Waals surface area contributed by atoms with E-state index in [9.17, 15) is 4.79 Å². The van der Waals surface area contributed by atoms with Crippen molar-refractivity contribution in [2.24, 2.45) is 0 Å². The first-order valence-corrected chi connectivity index (χ1v) is 11.2. The molecule has 0 spiro atoms. The van der Waals surface area contributed by atoms with Gasteiger partial charge >= 0.3 is 0 Å². The van der Waals surface area contributed by atoms with Crippen LogP contribution < -0.4 is 9.47 Å². The van der Waals surface area contributed by atoms with Gasteiger partial charge in [0.1, 0.15) is 16.5 Å². The number of benzene rings is 2. The van der Waals surface area contributed by atoms with Crippen molar-refractivity contribution in [1.82, 2.24) is 9.88 Å². The third kappa shape index (κ3) is 4.22. The van der Waals surface area contributed by atoms with Crippen LogP contribution in [0.15, 0.2) is 64.6 Å². The molecule has 162 valence electrons. The Morgan fingerprint density at radius 1 is 1.12 bits per heavy atom. The first-order chi connectivity index (χ1) is 15.6. The minimum absolute atomic E-state index is 0.158. The molecular weight excluding hydrogens is 448 g/mol. The summed E-state index contributed by atoms with van der Waals surface area (Å²) in [5.41, 5.74) is 3.29. The molecule has 5 rings (SSSR count). The lowest BCUT2D eigenvalue weighted by atomic mass is 10.1. The molecule has 0 radical (unpaired) electrons. The number of rotatable bonds is 6. The Morgan fingerprint density at radius 2 is 1.91 bits per heavy atom. The van der Waals surface area contributed by atoms with Crippen molar-refractivity contribution < 1.29 is 18.7 Å². The van der Waals surface area contributed by atoms with E-state index in [0.29, 0.717) is 28.0 Å². The van der Waals surface area contributed by atoms with Crippen LogP contribution in [0, 0.1) is 6.92 Å². The van der Waals surface area contributed by atoms with E-state index in [0.717, 1.165) is 16.1 Å². The molecule has 32 heavy (non-hydrogen) atoms. The highest BCUT2D eigenvalue weighted by Crippen LogP contribution is 2.37. The second kappa shape index (κ2) is 8.68. The van der Waals surface area contributed by atoms with E-state index in [1.807, 2.05) is 43.3 Å². The Kier molecular flexibility index (Phi) is 5.59. The normalized spacial score (nSPS) is 12.2. The summed E-state index contributed by atoms with van der Waals surface area (Å²) in [6, 6.07) is 15.2. The van der Waals surface area contributed by atoms with Gasteiger partial charge in [0.25, 0.3) is 5.91 Å².